The zero-order valence-electron chi connectivity index (χ0n) is 13.9. The van der Waals surface area contributed by atoms with Gasteiger partial charge in [-0.2, -0.15) is 5.10 Å². The van der Waals surface area contributed by atoms with Gasteiger partial charge in [-0.15, -0.1) is 0 Å². The summed E-state index contributed by atoms with van der Waals surface area (Å²) in [5, 5.41) is 19.0. The molecule has 2 atom stereocenters. The van der Waals surface area contributed by atoms with Crippen molar-refractivity contribution in [3.63, 3.8) is 0 Å². The molecular formula is C19H23N3O2. The molecule has 0 unspecified atom stereocenters. The highest BCUT2D eigenvalue weighted by Gasteiger charge is 2.42. The molecule has 4 rings (SSSR count). The van der Waals surface area contributed by atoms with Crippen LogP contribution in [0.1, 0.15) is 31.2 Å². The van der Waals surface area contributed by atoms with Crippen LogP contribution < -0.4 is 10.9 Å². The first-order chi connectivity index (χ1) is 11.5. The van der Waals surface area contributed by atoms with Crippen LogP contribution in [0.4, 0.5) is 0 Å². The van der Waals surface area contributed by atoms with Crippen LogP contribution in [0.25, 0.3) is 11.3 Å². The van der Waals surface area contributed by atoms with Gasteiger partial charge in [-0.3, -0.25) is 4.79 Å². The van der Waals surface area contributed by atoms with E-state index in [2.05, 4.69) is 10.4 Å². The van der Waals surface area contributed by atoms with Crippen LogP contribution in [0.3, 0.4) is 0 Å². The van der Waals surface area contributed by atoms with Crippen molar-refractivity contribution in [2.45, 2.75) is 56.8 Å². The summed E-state index contributed by atoms with van der Waals surface area (Å²) in [5.74, 6) is 0. The van der Waals surface area contributed by atoms with E-state index in [-0.39, 0.29) is 12.1 Å². The fraction of sp³-hybridized carbons (Fsp3) is 0.474. The second kappa shape index (κ2) is 5.83. The average Bonchev–Trinajstić information content (AvgIpc) is 2.90. The van der Waals surface area contributed by atoms with E-state index in [1.54, 1.807) is 12.1 Å². The highest BCUT2D eigenvalue weighted by atomic mass is 16.3. The second-order valence-electron chi connectivity index (χ2n) is 7.35. The number of hydrogen-bond acceptors (Lipinski definition) is 4. The SMILES string of the molecule is Cc1ccc(-c2ccc(=O)n(CC3(O)C[C@@H]4CC[C@@H](C3)N4)n2)cc1. The topological polar surface area (TPSA) is 67.2 Å². The lowest BCUT2D eigenvalue weighted by Crippen LogP contribution is -2.51. The summed E-state index contributed by atoms with van der Waals surface area (Å²) in [6.45, 7) is 2.30. The molecule has 0 saturated carbocycles. The number of aliphatic hydroxyl groups is 1. The molecule has 0 radical (unpaired) electrons. The van der Waals surface area contributed by atoms with Gasteiger partial charge in [-0.1, -0.05) is 29.8 Å². The predicted octanol–water partition coefficient (Wildman–Crippen LogP) is 1.86. The molecule has 2 aliphatic rings. The number of nitrogens with zero attached hydrogens (tertiary/aromatic N) is 2. The van der Waals surface area contributed by atoms with Crippen LogP contribution in [0.5, 0.6) is 0 Å². The van der Waals surface area contributed by atoms with E-state index < -0.39 is 5.60 Å². The zero-order chi connectivity index (χ0) is 16.7. The Bertz CT molecular complexity index is 785. The van der Waals surface area contributed by atoms with Crippen LogP contribution >= 0.6 is 0 Å². The number of aromatic nitrogens is 2. The summed E-state index contributed by atoms with van der Waals surface area (Å²) in [5.41, 5.74) is 1.92. The minimum atomic E-state index is -0.847. The van der Waals surface area contributed by atoms with Gasteiger partial charge < -0.3 is 10.4 Å². The summed E-state index contributed by atoms with van der Waals surface area (Å²) >= 11 is 0. The maximum Gasteiger partial charge on any atom is 0.266 e. The number of hydrogen-bond donors (Lipinski definition) is 2. The lowest BCUT2D eigenvalue weighted by Gasteiger charge is -2.37. The molecule has 2 aromatic rings. The molecule has 2 N–H and O–H groups in total. The highest BCUT2D eigenvalue weighted by molar-refractivity contribution is 5.58. The van der Waals surface area contributed by atoms with Crippen LogP contribution in [0.15, 0.2) is 41.2 Å². The van der Waals surface area contributed by atoms with Crippen molar-refractivity contribution in [2.75, 3.05) is 0 Å². The summed E-state index contributed by atoms with van der Waals surface area (Å²) in [7, 11) is 0. The fourth-order valence-corrected chi connectivity index (χ4v) is 4.07. The molecule has 2 fully saturated rings. The summed E-state index contributed by atoms with van der Waals surface area (Å²) in [4.78, 5) is 12.2. The maximum absolute atomic E-state index is 12.2. The lowest BCUT2D eigenvalue weighted by molar-refractivity contribution is -0.0249. The van der Waals surface area contributed by atoms with Crippen molar-refractivity contribution in [3.8, 4) is 11.3 Å². The third-order valence-electron chi connectivity index (χ3n) is 5.25. The smallest absolute Gasteiger partial charge is 0.266 e. The summed E-state index contributed by atoms with van der Waals surface area (Å²) in [6.07, 6.45) is 3.59. The van der Waals surface area contributed by atoms with E-state index >= 15 is 0 Å². The number of benzene rings is 1. The Kier molecular flexibility index (Phi) is 3.77. The van der Waals surface area contributed by atoms with E-state index in [4.69, 9.17) is 0 Å². The van der Waals surface area contributed by atoms with Crippen molar-refractivity contribution >= 4 is 0 Å². The molecule has 3 heterocycles. The first-order valence-corrected chi connectivity index (χ1v) is 8.64. The Morgan fingerprint density at radius 1 is 1.17 bits per heavy atom. The van der Waals surface area contributed by atoms with Crippen molar-refractivity contribution in [3.05, 3.63) is 52.3 Å². The van der Waals surface area contributed by atoms with Crippen LogP contribution in [-0.4, -0.2) is 32.6 Å². The summed E-state index contributed by atoms with van der Waals surface area (Å²) in [6, 6.07) is 12.1. The first-order valence-electron chi connectivity index (χ1n) is 8.64. The lowest BCUT2D eigenvalue weighted by atomic mass is 9.87. The minimum Gasteiger partial charge on any atom is -0.388 e. The Hall–Kier alpha value is -1.98. The third kappa shape index (κ3) is 3.01. The van der Waals surface area contributed by atoms with Crippen molar-refractivity contribution in [2.24, 2.45) is 0 Å². The number of rotatable bonds is 3. The molecule has 0 aliphatic carbocycles. The van der Waals surface area contributed by atoms with Gasteiger partial charge in [0.15, 0.2) is 0 Å². The van der Waals surface area contributed by atoms with Crippen LogP contribution in [0.2, 0.25) is 0 Å². The van der Waals surface area contributed by atoms with Gasteiger partial charge >= 0.3 is 0 Å². The monoisotopic (exact) mass is 325 g/mol. The average molecular weight is 325 g/mol. The Labute approximate surface area is 141 Å². The van der Waals surface area contributed by atoms with Gasteiger partial charge in [0.25, 0.3) is 5.56 Å². The molecular weight excluding hydrogens is 302 g/mol. The maximum atomic E-state index is 12.2. The van der Waals surface area contributed by atoms with E-state index in [1.807, 2.05) is 31.2 Å². The van der Waals surface area contributed by atoms with Crippen molar-refractivity contribution in [1.29, 1.82) is 0 Å². The van der Waals surface area contributed by atoms with Gasteiger partial charge in [0.2, 0.25) is 0 Å². The first kappa shape index (κ1) is 15.5. The Morgan fingerprint density at radius 3 is 2.50 bits per heavy atom. The van der Waals surface area contributed by atoms with Gasteiger partial charge in [-0.05, 0) is 38.7 Å². The number of fused-ring (bicyclic) bond motifs is 2. The van der Waals surface area contributed by atoms with Crippen LogP contribution in [0, 0.1) is 6.92 Å². The minimum absolute atomic E-state index is 0.162. The number of aryl methyl sites for hydroxylation is 1. The van der Waals surface area contributed by atoms with E-state index in [9.17, 15) is 9.90 Å². The molecule has 24 heavy (non-hydrogen) atoms. The molecule has 126 valence electrons. The number of piperidine rings is 1. The highest BCUT2D eigenvalue weighted by Crippen LogP contribution is 2.34. The van der Waals surface area contributed by atoms with Gasteiger partial charge in [0.1, 0.15) is 0 Å². The second-order valence-corrected chi connectivity index (χ2v) is 7.35. The van der Waals surface area contributed by atoms with Gasteiger partial charge in [0, 0.05) is 23.7 Å². The zero-order valence-corrected chi connectivity index (χ0v) is 13.9. The summed E-state index contributed by atoms with van der Waals surface area (Å²) < 4.78 is 1.43. The molecule has 5 heteroatoms. The molecule has 2 aliphatic heterocycles. The van der Waals surface area contributed by atoms with E-state index in [1.165, 1.54) is 10.2 Å². The molecule has 1 aromatic heterocycles. The molecule has 0 amide bonds. The van der Waals surface area contributed by atoms with Crippen molar-refractivity contribution in [1.82, 2.24) is 15.1 Å². The fourth-order valence-electron chi connectivity index (χ4n) is 4.07. The molecule has 1 aromatic carbocycles. The van der Waals surface area contributed by atoms with Crippen LogP contribution in [-0.2, 0) is 6.54 Å². The van der Waals surface area contributed by atoms with E-state index in [0.717, 1.165) is 24.1 Å². The third-order valence-corrected chi connectivity index (χ3v) is 5.25. The molecule has 2 bridgehead atoms. The van der Waals surface area contributed by atoms with Gasteiger partial charge in [-0.25, -0.2) is 4.68 Å². The standard InChI is InChI=1S/C19H23N3O2/c1-13-2-4-14(5-3-13)17-8-9-18(23)22(21-17)12-19(24)10-15-6-7-16(11-19)20-15/h2-5,8-9,15-16,20,24H,6-7,10-12H2,1H3/t15-,16-/m0/s1. The largest absolute Gasteiger partial charge is 0.388 e. The molecule has 2 saturated heterocycles. The quantitative estimate of drug-likeness (QED) is 0.904. The Balaban J connectivity index is 1.62. The number of nitrogens with one attached hydrogen (secondary N) is 1. The molecule has 5 nitrogen and oxygen atoms in total. The Morgan fingerprint density at radius 2 is 1.83 bits per heavy atom. The van der Waals surface area contributed by atoms with Gasteiger partial charge in [0.05, 0.1) is 17.8 Å². The van der Waals surface area contributed by atoms with E-state index in [0.29, 0.717) is 24.9 Å². The normalized spacial score (nSPS) is 28.9. The van der Waals surface area contributed by atoms with Crippen molar-refractivity contribution < 1.29 is 5.11 Å². The predicted molar refractivity (Wildman–Crippen MR) is 92.8 cm³/mol. The molecule has 0 spiro atoms.